The van der Waals surface area contributed by atoms with Crippen LogP contribution in [0.3, 0.4) is 0 Å². The van der Waals surface area contributed by atoms with Crippen LogP contribution in [0.25, 0.3) is 17.0 Å². The summed E-state index contributed by atoms with van der Waals surface area (Å²) in [6.07, 6.45) is 9.05. The van der Waals surface area contributed by atoms with Gasteiger partial charge in [-0.05, 0) is 42.7 Å². The normalized spacial score (nSPS) is 15.1. The first-order valence-electron chi connectivity index (χ1n) is 10.5. The number of hydrogen-bond donors (Lipinski definition) is 1. The van der Waals surface area contributed by atoms with E-state index in [9.17, 15) is 10.1 Å². The molecule has 0 saturated heterocycles. The molecule has 31 heavy (non-hydrogen) atoms. The van der Waals surface area contributed by atoms with Crippen molar-refractivity contribution in [1.82, 2.24) is 9.88 Å². The Hall–Kier alpha value is -2.74. The highest BCUT2D eigenvalue weighted by Gasteiger charge is 2.19. The first kappa shape index (κ1) is 21.5. The molecule has 0 bridgehead atoms. The molecule has 158 valence electrons. The SMILES string of the molecule is N#CC(=Cc1cn(Cc2ccc(Cl)cc2Cl)c2ccccc12)C(=O)NC1CCCCC1. The molecule has 3 aromatic rings. The lowest BCUT2D eigenvalue weighted by atomic mass is 9.95. The Balaban J connectivity index is 1.65. The van der Waals surface area contributed by atoms with Crippen LogP contribution < -0.4 is 5.32 Å². The number of nitrogens with zero attached hydrogens (tertiary/aromatic N) is 2. The number of nitriles is 1. The van der Waals surface area contributed by atoms with E-state index in [0.717, 1.165) is 47.7 Å². The summed E-state index contributed by atoms with van der Waals surface area (Å²) in [5, 5.41) is 14.9. The number of fused-ring (bicyclic) bond motifs is 1. The van der Waals surface area contributed by atoms with E-state index in [2.05, 4.69) is 16.0 Å². The van der Waals surface area contributed by atoms with E-state index in [-0.39, 0.29) is 17.5 Å². The fourth-order valence-corrected chi connectivity index (χ4v) is 4.64. The molecule has 0 unspecified atom stereocenters. The summed E-state index contributed by atoms with van der Waals surface area (Å²) in [6.45, 7) is 0.556. The second-order valence-corrected chi connectivity index (χ2v) is 8.79. The van der Waals surface area contributed by atoms with E-state index >= 15 is 0 Å². The molecule has 4 nitrogen and oxygen atoms in total. The van der Waals surface area contributed by atoms with Gasteiger partial charge in [-0.15, -0.1) is 0 Å². The molecule has 1 amide bonds. The Bertz CT molecular complexity index is 1180. The Morgan fingerprint density at radius 3 is 2.68 bits per heavy atom. The van der Waals surface area contributed by atoms with Crippen molar-refractivity contribution < 1.29 is 4.79 Å². The number of carbonyl (C=O) groups is 1. The maximum absolute atomic E-state index is 12.7. The van der Waals surface area contributed by atoms with Crippen LogP contribution in [0.1, 0.15) is 43.2 Å². The molecule has 1 N–H and O–H groups in total. The fourth-order valence-electron chi connectivity index (χ4n) is 4.17. The second kappa shape index (κ2) is 9.60. The number of amides is 1. The van der Waals surface area contributed by atoms with E-state index in [1.165, 1.54) is 6.42 Å². The minimum absolute atomic E-state index is 0.123. The van der Waals surface area contributed by atoms with E-state index < -0.39 is 0 Å². The summed E-state index contributed by atoms with van der Waals surface area (Å²) in [6, 6.07) is 15.6. The summed E-state index contributed by atoms with van der Waals surface area (Å²) in [4.78, 5) is 12.7. The van der Waals surface area contributed by atoms with Gasteiger partial charge in [-0.1, -0.05) is 66.7 Å². The molecule has 1 aliphatic carbocycles. The average molecular weight is 452 g/mol. The Morgan fingerprint density at radius 1 is 1.16 bits per heavy atom. The molecule has 1 fully saturated rings. The van der Waals surface area contributed by atoms with Crippen molar-refractivity contribution in [3.05, 3.63) is 75.4 Å². The van der Waals surface area contributed by atoms with Crippen LogP contribution in [0.15, 0.2) is 54.2 Å². The zero-order chi connectivity index (χ0) is 21.8. The zero-order valence-electron chi connectivity index (χ0n) is 17.1. The van der Waals surface area contributed by atoms with Gasteiger partial charge in [-0.25, -0.2) is 0 Å². The maximum Gasteiger partial charge on any atom is 0.262 e. The van der Waals surface area contributed by atoms with Gasteiger partial charge in [0.2, 0.25) is 0 Å². The lowest BCUT2D eigenvalue weighted by molar-refractivity contribution is -0.117. The molecule has 0 spiro atoms. The van der Waals surface area contributed by atoms with Crippen molar-refractivity contribution in [2.45, 2.75) is 44.7 Å². The van der Waals surface area contributed by atoms with Crippen LogP contribution in [-0.2, 0) is 11.3 Å². The maximum atomic E-state index is 12.7. The molecule has 0 radical (unpaired) electrons. The van der Waals surface area contributed by atoms with Gasteiger partial charge in [0.05, 0.1) is 0 Å². The first-order chi connectivity index (χ1) is 15.0. The highest BCUT2D eigenvalue weighted by Crippen LogP contribution is 2.27. The lowest BCUT2D eigenvalue weighted by Gasteiger charge is -2.22. The summed E-state index contributed by atoms with van der Waals surface area (Å²) >= 11 is 12.4. The molecule has 1 aromatic heterocycles. The number of benzene rings is 2. The molecule has 2 aromatic carbocycles. The van der Waals surface area contributed by atoms with Crippen molar-refractivity contribution in [2.24, 2.45) is 0 Å². The van der Waals surface area contributed by atoms with Gasteiger partial charge in [0, 0.05) is 45.3 Å². The third kappa shape index (κ3) is 4.95. The number of rotatable bonds is 5. The number of halogens is 2. The number of nitrogens with one attached hydrogen (secondary N) is 1. The summed E-state index contributed by atoms with van der Waals surface area (Å²) in [5.74, 6) is -0.299. The summed E-state index contributed by atoms with van der Waals surface area (Å²) in [5.41, 5.74) is 2.90. The van der Waals surface area contributed by atoms with Gasteiger partial charge in [0.15, 0.2) is 0 Å². The van der Waals surface area contributed by atoms with Crippen LogP contribution in [0.2, 0.25) is 10.0 Å². The smallest absolute Gasteiger partial charge is 0.262 e. The molecular formula is C25H23Cl2N3O. The fraction of sp³-hybridized carbons (Fsp3) is 0.280. The summed E-state index contributed by atoms with van der Waals surface area (Å²) < 4.78 is 2.07. The topological polar surface area (TPSA) is 57.8 Å². The Labute approximate surface area is 192 Å². The van der Waals surface area contributed by atoms with E-state index in [4.69, 9.17) is 23.2 Å². The molecule has 0 aliphatic heterocycles. The number of hydrogen-bond acceptors (Lipinski definition) is 2. The van der Waals surface area contributed by atoms with Crippen molar-refractivity contribution >= 4 is 46.1 Å². The third-order valence-corrected chi connectivity index (χ3v) is 6.37. The summed E-state index contributed by atoms with van der Waals surface area (Å²) in [7, 11) is 0. The lowest BCUT2D eigenvalue weighted by Crippen LogP contribution is -2.36. The van der Waals surface area contributed by atoms with E-state index in [1.807, 2.05) is 42.6 Å². The molecule has 1 aliphatic rings. The Morgan fingerprint density at radius 2 is 1.94 bits per heavy atom. The van der Waals surface area contributed by atoms with Gasteiger partial charge in [0.1, 0.15) is 11.6 Å². The number of carbonyl (C=O) groups excluding carboxylic acids is 1. The van der Waals surface area contributed by atoms with Crippen LogP contribution in [0.5, 0.6) is 0 Å². The second-order valence-electron chi connectivity index (χ2n) is 7.94. The molecule has 4 rings (SSSR count). The molecule has 1 heterocycles. The van der Waals surface area contributed by atoms with Gasteiger partial charge in [0.25, 0.3) is 5.91 Å². The van der Waals surface area contributed by atoms with Crippen LogP contribution in [0.4, 0.5) is 0 Å². The average Bonchev–Trinajstić information content (AvgIpc) is 3.12. The van der Waals surface area contributed by atoms with Crippen LogP contribution >= 0.6 is 23.2 Å². The molecular weight excluding hydrogens is 429 g/mol. The zero-order valence-corrected chi connectivity index (χ0v) is 18.6. The predicted molar refractivity (Wildman–Crippen MR) is 126 cm³/mol. The number of para-hydroxylation sites is 1. The van der Waals surface area contributed by atoms with Gasteiger partial charge < -0.3 is 9.88 Å². The predicted octanol–water partition coefficient (Wildman–Crippen LogP) is 6.35. The highest BCUT2D eigenvalue weighted by atomic mass is 35.5. The third-order valence-electron chi connectivity index (χ3n) is 5.78. The quantitative estimate of drug-likeness (QED) is 0.362. The highest BCUT2D eigenvalue weighted by molar-refractivity contribution is 6.35. The number of aromatic nitrogens is 1. The standard InChI is InChI=1S/C25H23Cl2N3O/c26-20-11-10-17(23(27)13-20)15-30-16-19(22-8-4-5-9-24(22)30)12-18(14-28)25(31)29-21-6-2-1-3-7-21/h4-5,8-13,16,21H,1-3,6-7,15H2,(H,29,31). The molecule has 6 heteroatoms. The van der Waals surface area contributed by atoms with E-state index in [0.29, 0.717) is 16.6 Å². The van der Waals surface area contributed by atoms with Gasteiger partial charge in [-0.3, -0.25) is 4.79 Å². The molecule has 0 atom stereocenters. The molecule has 1 saturated carbocycles. The van der Waals surface area contributed by atoms with Crippen LogP contribution in [-0.4, -0.2) is 16.5 Å². The van der Waals surface area contributed by atoms with Crippen molar-refractivity contribution in [3.63, 3.8) is 0 Å². The van der Waals surface area contributed by atoms with Gasteiger partial charge >= 0.3 is 0 Å². The van der Waals surface area contributed by atoms with Crippen molar-refractivity contribution in [3.8, 4) is 6.07 Å². The minimum atomic E-state index is -0.299. The minimum Gasteiger partial charge on any atom is -0.349 e. The van der Waals surface area contributed by atoms with Gasteiger partial charge in [-0.2, -0.15) is 5.26 Å². The first-order valence-corrected chi connectivity index (χ1v) is 11.2. The van der Waals surface area contributed by atoms with Crippen LogP contribution in [0, 0.1) is 11.3 Å². The monoisotopic (exact) mass is 451 g/mol. The largest absolute Gasteiger partial charge is 0.349 e. The van der Waals surface area contributed by atoms with Crippen molar-refractivity contribution in [2.75, 3.05) is 0 Å². The Kier molecular flexibility index (Phi) is 6.65. The van der Waals surface area contributed by atoms with E-state index in [1.54, 1.807) is 12.1 Å². The van der Waals surface area contributed by atoms with Crippen molar-refractivity contribution in [1.29, 1.82) is 5.26 Å².